The molecule has 0 aliphatic heterocycles. The molecule has 15 nitrogen and oxygen atoms in total. The average Bonchev–Trinajstić information content (AvgIpc) is 2.69. The van der Waals surface area contributed by atoms with Gasteiger partial charge in [-0.1, -0.05) is 0 Å². The van der Waals surface area contributed by atoms with Crippen molar-refractivity contribution >= 4 is 35.6 Å². The highest BCUT2D eigenvalue weighted by Crippen LogP contribution is 2.02. The topological polar surface area (TPSA) is 238 Å². The number of carbonyl (C=O) groups is 6. The minimum absolute atomic E-state index is 0.330. The molecule has 0 saturated carbocycles. The van der Waals surface area contributed by atoms with Crippen molar-refractivity contribution < 1.29 is 43.8 Å². The van der Waals surface area contributed by atoms with Crippen molar-refractivity contribution in [1.82, 2.24) is 26.8 Å². The zero-order chi connectivity index (χ0) is 25.0. The fraction of sp³-hybridized carbons (Fsp3) is 0.647. The number of aliphatic carboxylic acids is 1. The maximum atomic E-state index is 12.6. The maximum Gasteiger partial charge on any atom is 0.346 e. The molecule has 4 amide bonds. The number of rotatable bonds is 13. The Balaban J connectivity index is 5.26. The lowest BCUT2D eigenvalue weighted by Crippen LogP contribution is -2.60. The molecule has 0 spiro atoms. The van der Waals surface area contributed by atoms with E-state index in [1.165, 1.54) is 20.8 Å². The minimum Gasteiger partial charge on any atom is -0.481 e. The number of amides is 4. The van der Waals surface area contributed by atoms with Gasteiger partial charge >= 0.3 is 11.9 Å². The van der Waals surface area contributed by atoms with Crippen LogP contribution in [0.15, 0.2) is 0 Å². The maximum absolute atomic E-state index is 12.6. The number of nitrogens with two attached hydrogens (primary N) is 1. The van der Waals surface area contributed by atoms with E-state index in [2.05, 4.69) is 31.6 Å². The predicted octanol–water partition coefficient (Wildman–Crippen LogP) is -3.85. The summed E-state index contributed by atoms with van der Waals surface area (Å²) in [5.41, 5.74) is 4.43. The molecule has 0 aromatic rings. The average molecular weight is 462 g/mol. The Morgan fingerprint density at radius 1 is 0.906 bits per heavy atom. The lowest BCUT2D eigenvalue weighted by Gasteiger charge is -2.25. The lowest BCUT2D eigenvalue weighted by molar-refractivity contribution is -0.148. The van der Waals surface area contributed by atoms with E-state index in [-0.39, 0.29) is 6.42 Å². The zero-order valence-electron chi connectivity index (χ0n) is 18.1. The summed E-state index contributed by atoms with van der Waals surface area (Å²) in [6, 6.07) is -5.02. The number of hydrogen-bond acceptors (Lipinski definition) is 10. The van der Waals surface area contributed by atoms with Gasteiger partial charge < -0.3 is 31.0 Å². The van der Waals surface area contributed by atoms with Crippen LogP contribution in [0.3, 0.4) is 0 Å². The Hall–Kier alpha value is -3.30. The van der Waals surface area contributed by atoms with Gasteiger partial charge in [-0.15, -0.1) is 0 Å². The summed E-state index contributed by atoms with van der Waals surface area (Å²) in [5.74, 6) is -0.535. The number of carboxylic acid groups (broad SMARTS) is 1. The molecule has 0 aliphatic rings. The molecular weight excluding hydrogens is 432 g/mol. The van der Waals surface area contributed by atoms with Crippen LogP contribution >= 0.6 is 0 Å². The molecule has 0 bridgehead atoms. The molecule has 0 unspecified atom stereocenters. The van der Waals surface area contributed by atoms with E-state index >= 15 is 0 Å². The molecule has 32 heavy (non-hydrogen) atoms. The molecule has 0 fully saturated rings. The second-order valence-corrected chi connectivity index (χ2v) is 6.93. The van der Waals surface area contributed by atoms with Crippen LogP contribution in [0, 0.1) is 0 Å². The number of aliphatic hydroxyl groups is 1. The normalized spacial score (nSPS) is 15.2. The molecule has 0 heterocycles. The summed E-state index contributed by atoms with van der Waals surface area (Å²) in [6.07, 6.45) is -2.11. The van der Waals surface area contributed by atoms with E-state index in [9.17, 15) is 33.9 Å². The molecule has 0 aromatic heterocycles. The third-order valence-electron chi connectivity index (χ3n) is 4.03. The summed E-state index contributed by atoms with van der Waals surface area (Å²) in [6.45, 7) is 5.01. The van der Waals surface area contributed by atoms with Crippen LogP contribution in [-0.4, -0.2) is 76.1 Å². The van der Waals surface area contributed by atoms with E-state index in [4.69, 9.17) is 11.0 Å². The van der Waals surface area contributed by atoms with E-state index < -0.39 is 72.3 Å². The Morgan fingerprint density at radius 2 is 1.47 bits per heavy atom. The highest BCUT2D eigenvalue weighted by atomic mass is 16.7. The summed E-state index contributed by atoms with van der Waals surface area (Å²) in [5, 5.41) is 25.5. The van der Waals surface area contributed by atoms with Crippen LogP contribution in [0.2, 0.25) is 0 Å². The van der Waals surface area contributed by atoms with Gasteiger partial charge in [0.25, 0.3) is 0 Å². The number of nitrogens with one attached hydrogen (secondary N) is 5. The molecular formula is C17H30N6O9. The van der Waals surface area contributed by atoms with Gasteiger partial charge in [-0.2, -0.15) is 5.90 Å². The number of carboxylic acids is 1. The van der Waals surface area contributed by atoms with Crippen LogP contribution in [0.1, 0.15) is 40.5 Å². The smallest absolute Gasteiger partial charge is 0.346 e. The van der Waals surface area contributed by atoms with Crippen molar-refractivity contribution in [2.75, 3.05) is 0 Å². The molecule has 0 aromatic carbocycles. The second-order valence-electron chi connectivity index (χ2n) is 6.93. The van der Waals surface area contributed by atoms with Gasteiger partial charge in [-0.05, 0) is 27.2 Å². The molecule has 0 saturated heterocycles. The Kier molecular flexibility index (Phi) is 12.5. The first-order valence-electron chi connectivity index (χ1n) is 9.53. The quantitative estimate of drug-likeness (QED) is 0.123. The molecule has 182 valence electrons. The third-order valence-corrected chi connectivity index (χ3v) is 4.03. The van der Waals surface area contributed by atoms with Crippen LogP contribution in [-0.2, 0) is 33.6 Å². The Bertz CT molecular complexity index is 715. The largest absolute Gasteiger partial charge is 0.481 e. The lowest BCUT2D eigenvalue weighted by atomic mass is 10.1. The Labute approximate surface area is 183 Å². The first kappa shape index (κ1) is 28.7. The molecule has 0 radical (unpaired) electrons. The standard InChI is InChI=1S/C17H30N6O9/c1-7(14(28)20-8(2)17(31)32-18)19-15(29)11(5-6-12(26)27)21-16(30)13(9(3)24)23-22-10(4)25/h7-9,11,13,23-24H,5-6,18H2,1-4H3,(H,19,29)(H,20,28)(H,21,30)(H,22,25)(H,26,27)/t7-,8-,9+,11-,13-/m0/s1. The summed E-state index contributed by atoms with van der Waals surface area (Å²) < 4.78 is 0. The minimum atomic E-state index is -1.39. The van der Waals surface area contributed by atoms with Crippen LogP contribution in [0.4, 0.5) is 0 Å². The number of hydrazine groups is 1. The zero-order valence-corrected chi connectivity index (χ0v) is 18.1. The predicted molar refractivity (Wildman–Crippen MR) is 107 cm³/mol. The summed E-state index contributed by atoms with van der Waals surface area (Å²) in [7, 11) is 0. The van der Waals surface area contributed by atoms with Crippen molar-refractivity contribution in [3.8, 4) is 0 Å². The second kappa shape index (κ2) is 13.9. The molecule has 5 atom stereocenters. The number of carbonyl (C=O) groups excluding carboxylic acids is 5. The molecule has 0 aliphatic carbocycles. The SMILES string of the molecule is CC(=O)NN[C@H](C(=O)N[C@@H](CCC(=O)O)C(=O)N[C@@H](C)C(=O)N[C@@H](C)C(=O)ON)[C@@H](C)O. The monoisotopic (exact) mass is 462 g/mol. The van der Waals surface area contributed by atoms with E-state index in [1.54, 1.807) is 0 Å². The van der Waals surface area contributed by atoms with Crippen molar-refractivity contribution in [2.24, 2.45) is 5.90 Å². The molecule has 15 heteroatoms. The summed E-state index contributed by atoms with van der Waals surface area (Å²) in [4.78, 5) is 74.4. The first-order chi connectivity index (χ1) is 14.8. The van der Waals surface area contributed by atoms with Gasteiger partial charge in [0, 0.05) is 13.3 Å². The van der Waals surface area contributed by atoms with Crippen molar-refractivity contribution in [3.63, 3.8) is 0 Å². The van der Waals surface area contributed by atoms with Crippen LogP contribution in [0.5, 0.6) is 0 Å². The fourth-order valence-corrected chi connectivity index (χ4v) is 2.26. The third kappa shape index (κ3) is 10.6. The van der Waals surface area contributed by atoms with Gasteiger partial charge in [0.1, 0.15) is 24.2 Å². The van der Waals surface area contributed by atoms with Crippen LogP contribution in [0.25, 0.3) is 0 Å². The molecule has 9 N–H and O–H groups in total. The van der Waals surface area contributed by atoms with E-state index in [0.29, 0.717) is 0 Å². The molecule has 0 rings (SSSR count). The highest BCUT2D eigenvalue weighted by Gasteiger charge is 2.30. The first-order valence-corrected chi connectivity index (χ1v) is 9.53. The van der Waals surface area contributed by atoms with Gasteiger partial charge in [0.05, 0.1) is 6.10 Å². The van der Waals surface area contributed by atoms with Crippen molar-refractivity contribution in [1.29, 1.82) is 0 Å². The highest BCUT2D eigenvalue weighted by molar-refractivity contribution is 5.94. The van der Waals surface area contributed by atoms with Crippen LogP contribution < -0.4 is 32.7 Å². The van der Waals surface area contributed by atoms with Crippen molar-refractivity contribution in [3.05, 3.63) is 0 Å². The van der Waals surface area contributed by atoms with E-state index in [0.717, 1.165) is 6.92 Å². The Morgan fingerprint density at radius 3 is 1.94 bits per heavy atom. The van der Waals surface area contributed by atoms with Gasteiger partial charge in [0.2, 0.25) is 23.6 Å². The van der Waals surface area contributed by atoms with Gasteiger partial charge in [-0.3, -0.25) is 29.4 Å². The number of aliphatic hydroxyl groups excluding tert-OH is 1. The fourth-order valence-electron chi connectivity index (χ4n) is 2.26. The van der Waals surface area contributed by atoms with Crippen molar-refractivity contribution in [2.45, 2.75) is 70.8 Å². The summed E-state index contributed by atoms with van der Waals surface area (Å²) >= 11 is 0. The van der Waals surface area contributed by atoms with Gasteiger partial charge in [0.15, 0.2) is 0 Å². The number of hydrogen-bond donors (Lipinski definition) is 8. The van der Waals surface area contributed by atoms with Gasteiger partial charge in [-0.25, -0.2) is 10.2 Å². The van der Waals surface area contributed by atoms with E-state index in [1.807, 2.05) is 0 Å².